The van der Waals surface area contributed by atoms with Crippen molar-refractivity contribution in [2.24, 2.45) is 0 Å². The molecule has 2 rings (SSSR count). The van der Waals surface area contributed by atoms with Crippen LogP contribution in [0.5, 0.6) is 0 Å². The molecule has 0 saturated carbocycles. The molecule has 1 amide bonds. The molecule has 1 N–H and O–H groups in total. The first kappa shape index (κ1) is 12.2. The highest BCUT2D eigenvalue weighted by Crippen LogP contribution is 2.08. The van der Waals surface area contributed by atoms with E-state index in [1.165, 1.54) is 4.68 Å². The van der Waals surface area contributed by atoms with Crippen molar-refractivity contribution < 1.29 is 14.1 Å². The second-order valence-corrected chi connectivity index (χ2v) is 3.64. The summed E-state index contributed by atoms with van der Waals surface area (Å²) in [5.41, 5.74) is 0.215. The lowest BCUT2D eigenvalue weighted by atomic mass is 10.4. The molecule has 2 aromatic rings. The summed E-state index contributed by atoms with van der Waals surface area (Å²) in [6.45, 7) is 2.79. The Morgan fingerprint density at radius 1 is 1.61 bits per heavy atom. The van der Waals surface area contributed by atoms with Crippen LogP contribution in [0.2, 0.25) is 0 Å². The number of amides is 1. The predicted octanol–water partition coefficient (Wildman–Crippen LogP) is 0.473. The van der Waals surface area contributed by atoms with E-state index in [1.807, 2.05) is 0 Å². The molecule has 0 unspecified atom stereocenters. The fraction of sp³-hybridized carbons (Fsp3) is 0.400. The minimum Gasteiger partial charge on any atom is -0.383 e. The number of hydrogen-bond donors (Lipinski definition) is 1. The molecule has 0 aliphatic rings. The molecule has 2 heterocycles. The predicted molar refractivity (Wildman–Crippen MR) is 61.1 cm³/mol. The lowest BCUT2D eigenvalue weighted by Gasteiger charge is -1.97. The van der Waals surface area contributed by atoms with Crippen LogP contribution < -0.4 is 5.32 Å². The smallest absolute Gasteiger partial charge is 0.279 e. The van der Waals surface area contributed by atoms with E-state index >= 15 is 0 Å². The third-order valence-electron chi connectivity index (χ3n) is 2.17. The molecular formula is C10H13N5O3. The van der Waals surface area contributed by atoms with Crippen molar-refractivity contribution in [2.45, 2.75) is 13.5 Å². The number of carbonyl (C=O) groups is 1. The number of aromatic nitrogens is 4. The SMILES string of the molecule is COCCn1cc(C(=O)Nc2cc(C)on2)nn1. The van der Waals surface area contributed by atoms with Crippen LogP contribution in [-0.4, -0.2) is 39.8 Å². The number of nitrogens with zero attached hydrogens (tertiary/aromatic N) is 4. The Morgan fingerprint density at radius 2 is 2.44 bits per heavy atom. The summed E-state index contributed by atoms with van der Waals surface area (Å²) in [6, 6.07) is 1.62. The molecule has 0 aliphatic heterocycles. The highest BCUT2D eigenvalue weighted by atomic mass is 16.5. The third-order valence-corrected chi connectivity index (χ3v) is 2.17. The van der Waals surface area contributed by atoms with E-state index in [1.54, 1.807) is 26.3 Å². The molecule has 0 atom stereocenters. The molecule has 0 aromatic carbocycles. The van der Waals surface area contributed by atoms with Gasteiger partial charge in [-0.1, -0.05) is 10.4 Å². The number of carbonyl (C=O) groups excluding carboxylic acids is 1. The molecule has 0 radical (unpaired) electrons. The Balaban J connectivity index is 1.98. The van der Waals surface area contributed by atoms with Crippen LogP contribution in [0.4, 0.5) is 5.82 Å². The number of ether oxygens (including phenoxy) is 1. The average molecular weight is 251 g/mol. The van der Waals surface area contributed by atoms with Gasteiger partial charge in [-0.05, 0) is 6.92 Å². The van der Waals surface area contributed by atoms with Gasteiger partial charge in [0.1, 0.15) is 5.76 Å². The van der Waals surface area contributed by atoms with Gasteiger partial charge in [-0.3, -0.25) is 4.79 Å². The maximum Gasteiger partial charge on any atom is 0.279 e. The van der Waals surface area contributed by atoms with Gasteiger partial charge in [0.2, 0.25) is 0 Å². The molecule has 18 heavy (non-hydrogen) atoms. The first-order valence-electron chi connectivity index (χ1n) is 5.33. The Kier molecular flexibility index (Phi) is 3.68. The minimum atomic E-state index is -0.382. The fourth-order valence-corrected chi connectivity index (χ4v) is 1.30. The van der Waals surface area contributed by atoms with Crippen molar-refractivity contribution in [2.75, 3.05) is 19.0 Å². The quantitative estimate of drug-likeness (QED) is 0.830. The van der Waals surface area contributed by atoms with Gasteiger partial charge in [-0.15, -0.1) is 5.10 Å². The van der Waals surface area contributed by atoms with Gasteiger partial charge in [0.25, 0.3) is 5.91 Å². The van der Waals surface area contributed by atoms with Crippen molar-refractivity contribution in [3.05, 3.63) is 23.7 Å². The monoisotopic (exact) mass is 251 g/mol. The summed E-state index contributed by atoms with van der Waals surface area (Å²) in [5.74, 6) is 0.588. The fourth-order valence-electron chi connectivity index (χ4n) is 1.30. The van der Waals surface area contributed by atoms with Gasteiger partial charge < -0.3 is 14.6 Å². The van der Waals surface area contributed by atoms with E-state index in [4.69, 9.17) is 9.26 Å². The van der Waals surface area contributed by atoms with Gasteiger partial charge >= 0.3 is 0 Å². The molecule has 0 aliphatic carbocycles. The minimum absolute atomic E-state index is 0.215. The van der Waals surface area contributed by atoms with E-state index < -0.39 is 0 Å². The summed E-state index contributed by atoms with van der Waals surface area (Å²) in [4.78, 5) is 11.8. The molecule has 0 spiro atoms. The first-order chi connectivity index (χ1) is 8.69. The molecule has 0 bridgehead atoms. The summed E-state index contributed by atoms with van der Waals surface area (Å²) in [5, 5.41) is 13.8. The maximum absolute atomic E-state index is 11.8. The zero-order valence-corrected chi connectivity index (χ0v) is 10.1. The zero-order valence-electron chi connectivity index (χ0n) is 10.1. The molecule has 8 heteroatoms. The van der Waals surface area contributed by atoms with E-state index in [-0.39, 0.29) is 11.6 Å². The first-order valence-corrected chi connectivity index (χ1v) is 5.33. The van der Waals surface area contributed by atoms with Gasteiger partial charge in [-0.25, -0.2) is 4.68 Å². The van der Waals surface area contributed by atoms with Crippen molar-refractivity contribution in [3.8, 4) is 0 Å². The highest BCUT2D eigenvalue weighted by molar-refractivity contribution is 6.01. The van der Waals surface area contributed by atoms with Crippen molar-refractivity contribution in [1.29, 1.82) is 0 Å². The normalized spacial score (nSPS) is 10.6. The van der Waals surface area contributed by atoms with Gasteiger partial charge in [-0.2, -0.15) is 0 Å². The van der Waals surface area contributed by atoms with Crippen LogP contribution in [0, 0.1) is 6.92 Å². The van der Waals surface area contributed by atoms with Crippen LogP contribution in [-0.2, 0) is 11.3 Å². The lowest BCUT2D eigenvalue weighted by molar-refractivity contribution is 0.102. The zero-order chi connectivity index (χ0) is 13.0. The van der Waals surface area contributed by atoms with E-state index in [9.17, 15) is 4.79 Å². The van der Waals surface area contributed by atoms with Crippen LogP contribution >= 0.6 is 0 Å². The Bertz CT molecular complexity index is 533. The van der Waals surface area contributed by atoms with Crippen LogP contribution in [0.1, 0.15) is 16.2 Å². The van der Waals surface area contributed by atoms with Gasteiger partial charge in [0.15, 0.2) is 11.5 Å². The second kappa shape index (κ2) is 5.41. The van der Waals surface area contributed by atoms with E-state index in [2.05, 4.69) is 20.8 Å². The molecular weight excluding hydrogens is 238 g/mol. The molecule has 96 valence electrons. The number of methoxy groups -OCH3 is 1. The molecule has 8 nitrogen and oxygen atoms in total. The third kappa shape index (κ3) is 2.92. The van der Waals surface area contributed by atoms with Gasteiger partial charge in [0.05, 0.1) is 19.3 Å². The number of hydrogen-bond acceptors (Lipinski definition) is 6. The van der Waals surface area contributed by atoms with Crippen LogP contribution in [0.25, 0.3) is 0 Å². The van der Waals surface area contributed by atoms with Crippen LogP contribution in [0.3, 0.4) is 0 Å². The highest BCUT2D eigenvalue weighted by Gasteiger charge is 2.12. The van der Waals surface area contributed by atoms with E-state index in [0.717, 1.165) is 0 Å². The Labute approximate surface area is 103 Å². The number of rotatable bonds is 5. The summed E-state index contributed by atoms with van der Waals surface area (Å²) >= 11 is 0. The van der Waals surface area contributed by atoms with Crippen molar-refractivity contribution in [1.82, 2.24) is 20.2 Å². The van der Waals surface area contributed by atoms with Crippen molar-refractivity contribution in [3.63, 3.8) is 0 Å². The largest absolute Gasteiger partial charge is 0.383 e. The second-order valence-electron chi connectivity index (χ2n) is 3.64. The summed E-state index contributed by atoms with van der Waals surface area (Å²) < 4.78 is 11.3. The van der Waals surface area contributed by atoms with Gasteiger partial charge in [0, 0.05) is 13.2 Å². The van der Waals surface area contributed by atoms with E-state index in [0.29, 0.717) is 24.7 Å². The number of nitrogens with one attached hydrogen (secondary N) is 1. The maximum atomic E-state index is 11.8. The standard InChI is InChI=1S/C10H13N5O3/c1-7-5-9(13-18-7)11-10(16)8-6-15(14-12-8)3-4-17-2/h5-6H,3-4H2,1-2H3,(H,11,13,16). The van der Waals surface area contributed by atoms with Crippen LogP contribution in [0.15, 0.2) is 16.8 Å². The summed E-state index contributed by atoms with van der Waals surface area (Å²) in [6.07, 6.45) is 1.54. The Morgan fingerprint density at radius 3 is 3.11 bits per heavy atom. The lowest BCUT2D eigenvalue weighted by Crippen LogP contribution is -2.12. The van der Waals surface area contributed by atoms with Crippen molar-refractivity contribution >= 4 is 11.7 Å². The molecule has 2 aromatic heterocycles. The summed E-state index contributed by atoms with van der Waals surface area (Å²) in [7, 11) is 1.59. The number of aryl methyl sites for hydroxylation is 1. The average Bonchev–Trinajstić information content (AvgIpc) is 2.96. The number of anilines is 1. The molecule has 0 fully saturated rings. The Hall–Kier alpha value is -2.22. The topological polar surface area (TPSA) is 95.1 Å². The molecule has 0 saturated heterocycles.